The van der Waals surface area contributed by atoms with Gasteiger partial charge in [-0.1, -0.05) is 66.6 Å². The van der Waals surface area contributed by atoms with Crippen molar-refractivity contribution in [2.45, 2.75) is 25.2 Å². The molecule has 1 heterocycles. The number of aromatic nitrogens is 2. The number of carbonyl (C=O) groups excluding carboxylic acids is 1. The Morgan fingerprint density at radius 1 is 1.08 bits per heavy atom. The molecule has 0 aliphatic carbocycles. The number of nitrogens with zero attached hydrogens (tertiary/aromatic N) is 4. The van der Waals surface area contributed by atoms with E-state index in [1.54, 1.807) is 17.7 Å². The predicted molar refractivity (Wildman–Crippen MR) is 150 cm³/mol. The molecular weight excluding hydrogens is 542 g/mol. The molecule has 4 rings (SSSR count). The van der Waals surface area contributed by atoms with Gasteiger partial charge in [-0.15, -0.1) is 0 Å². The van der Waals surface area contributed by atoms with Crippen molar-refractivity contribution in [1.29, 1.82) is 0 Å². The highest BCUT2D eigenvalue weighted by molar-refractivity contribution is 7.89. The number of hydrogen-bond acceptors (Lipinski definition) is 6. The van der Waals surface area contributed by atoms with Crippen molar-refractivity contribution >= 4 is 39.0 Å². The molecule has 0 spiro atoms. The number of rotatable bonds is 10. The van der Waals surface area contributed by atoms with E-state index in [1.165, 1.54) is 6.07 Å². The Kier molecular flexibility index (Phi) is 8.44. The number of sulfonamides is 1. The molecule has 0 radical (unpaired) electrons. The molecule has 0 aliphatic rings. The molecule has 0 bridgehead atoms. The Morgan fingerprint density at radius 2 is 1.77 bits per heavy atom. The Morgan fingerprint density at radius 3 is 2.41 bits per heavy atom. The molecule has 12 heteroatoms. The highest BCUT2D eigenvalue weighted by Crippen LogP contribution is 2.29. The van der Waals surface area contributed by atoms with Crippen molar-refractivity contribution < 1.29 is 18.1 Å². The van der Waals surface area contributed by atoms with Crippen LogP contribution in [0.2, 0.25) is 5.02 Å². The lowest BCUT2D eigenvalue weighted by Gasteiger charge is -2.21. The van der Waals surface area contributed by atoms with Crippen LogP contribution >= 0.6 is 11.6 Å². The lowest BCUT2D eigenvalue weighted by Crippen LogP contribution is -2.38. The number of amides is 1. The van der Waals surface area contributed by atoms with E-state index in [2.05, 4.69) is 10.4 Å². The van der Waals surface area contributed by atoms with E-state index in [9.17, 15) is 23.3 Å². The lowest BCUT2D eigenvalue weighted by atomic mass is 10.1. The van der Waals surface area contributed by atoms with Crippen LogP contribution in [0.5, 0.6) is 0 Å². The fourth-order valence-corrected chi connectivity index (χ4v) is 5.62. The molecule has 0 unspecified atom stereocenters. The monoisotopic (exact) mass is 567 g/mol. The van der Waals surface area contributed by atoms with Crippen molar-refractivity contribution in [3.8, 4) is 16.9 Å². The van der Waals surface area contributed by atoms with Crippen LogP contribution in [0.1, 0.15) is 18.9 Å². The van der Waals surface area contributed by atoms with Gasteiger partial charge in [-0.3, -0.25) is 14.9 Å². The van der Waals surface area contributed by atoms with E-state index in [-0.39, 0.29) is 16.5 Å². The quantitative estimate of drug-likeness (QED) is 0.200. The second-order valence-electron chi connectivity index (χ2n) is 8.79. The fraction of sp³-hybridized carbons (Fsp3) is 0.185. The first kappa shape index (κ1) is 28.0. The number of aryl methyl sites for hydroxylation is 1. The summed E-state index contributed by atoms with van der Waals surface area (Å²) in [6.07, 6.45) is 0.418. The number of hydrogen-bond donors (Lipinski definition) is 1. The molecule has 202 valence electrons. The second-order valence-corrected chi connectivity index (χ2v) is 11.1. The van der Waals surface area contributed by atoms with Crippen molar-refractivity contribution in [1.82, 2.24) is 14.1 Å². The van der Waals surface area contributed by atoms with Gasteiger partial charge in [0.25, 0.3) is 5.69 Å². The Labute approximate surface area is 231 Å². The first-order chi connectivity index (χ1) is 18.6. The first-order valence-electron chi connectivity index (χ1n) is 12.1. The molecule has 1 aromatic heterocycles. The third-order valence-corrected chi connectivity index (χ3v) is 8.03. The molecule has 0 atom stereocenters. The third-order valence-electron chi connectivity index (χ3n) is 5.87. The van der Waals surface area contributed by atoms with Gasteiger partial charge in [-0.2, -0.15) is 9.40 Å². The number of nitro groups is 1. The van der Waals surface area contributed by atoms with Crippen LogP contribution in [-0.2, 0) is 14.8 Å². The molecule has 0 aliphatic heterocycles. The van der Waals surface area contributed by atoms with Crippen LogP contribution in [-0.4, -0.2) is 46.4 Å². The largest absolute Gasteiger partial charge is 0.309 e. The van der Waals surface area contributed by atoms with E-state index >= 15 is 0 Å². The van der Waals surface area contributed by atoms with Gasteiger partial charge in [-0.05, 0) is 37.6 Å². The zero-order chi connectivity index (χ0) is 28.2. The molecule has 4 aromatic rings. The van der Waals surface area contributed by atoms with Crippen molar-refractivity contribution in [3.05, 3.63) is 99.6 Å². The van der Waals surface area contributed by atoms with Gasteiger partial charge in [-0.25, -0.2) is 13.1 Å². The Hall–Kier alpha value is -4.06. The van der Waals surface area contributed by atoms with Crippen molar-refractivity contribution in [3.63, 3.8) is 0 Å². The maximum absolute atomic E-state index is 13.4. The summed E-state index contributed by atoms with van der Waals surface area (Å²) in [6, 6.07) is 22.0. The summed E-state index contributed by atoms with van der Waals surface area (Å²) in [5, 5.41) is 18.6. The highest BCUT2D eigenvalue weighted by atomic mass is 35.5. The minimum Gasteiger partial charge on any atom is -0.309 e. The fourth-order valence-electron chi connectivity index (χ4n) is 3.92. The summed E-state index contributed by atoms with van der Waals surface area (Å²) < 4.78 is 29.3. The summed E-state index contributed by atoms with van der Waals surface area (Å²) >= 11 is 5.85. The van der Waals surface area contributed by atoms with Gasteiger partial charge in [0.15, 0.2) is 0 Å². The van der Waals surface area contributed by atoms with Crippen LogP contribution in [0.15, 0.2) is 83.8 Å². The van der Waals surface area contributed by atoms with E-state index in [0.29, 0.717) is 23.6 Å². The van der Waals surface area contributed by atoms with Crippen LogP contribution in [0.4, 0.5) is 11.5 Å². The van der Waals surface area contributed by atoms with Crippen LogP contribution in [0, 0.1) is 17.0 Å². The summed E-state index contributed by atoms with van der Waals surface area (Å²) in [4.78, 5) is 23.4. The van der Waals surface area contributed by atoms with Gasteiger partial charge in [0, 0.05) is 24.2 Å². The average Bonchev–Trinajstić information content (AvgIpc) is 3.33. The predicted octanol–water partition coefficient (Wildman–Crippen LogP) is 5.45. The number of nitrogens with one attached hydrogen (secondary N) is 1. The molecular formula is C27H26ClN5O5S. The molecule has 0 saturated carbocycles. The number of carbonyl (C=O) groups is 1. The minimum atomic E-state index is -4.24. The SMILES string of the molecule is CCCN(CC(=O)Nc1cc(-c2ccccc2)nn1-c1ccc(C)cc1)S(=O)(=O)c1ccc(Cl)c([N+](=O)[O-])c1. The number of benzene rings is 3. The third kappa shape index (κ3) is 6.33. The summed E-state index contributed by atoms with van der Waals surface area (Å²) in [5.41, 5.74) is 2.71. The molecule has 10 nitrogen and oxygen atoms in total. The maximum Gasteiger partial charge on any atom is 0.289 e. The van der Waals surface area contributed by atoms with Crippen LogP contribution in [0.25, 0.3) is 16.9 Å². The summed E-state index contributed by atoms with van der Waals surface area (Å²) in [5.74, 6) is -0.234. The first-order valence-corrected chi connectivity index (χ1v) is 13.9. The van der Waals surface area contributed by atoms with Crippen LogP contribution in [0.3, 0.4) is 0 Å². The van der Waals surface area contributed by atoms with Gasteiger partial charge in [0.1, 0.15) is 10.8 Å². The maximum atomic E-state index is 13.4. The van der Waals surface area contributed by atoms with E-state index in [4.69, 9.17) is 11.6 Å². The van der Waals surface area contributed by atoms with Crippen molar-refractivity contribution in [2.24, 2.45) is 0 Å². The number of nitro benzene ring substituents is 1. The Balaban J connectivity index is 1.64. The molecule has 1 N–H and O–H groups in total. The second kappa shape index (κ2) is 11.8. The number of halogens is 1. The van der Waals surface area contributed by atoms with Gasteiger partial charge < -0.3 is 5.32 Å². The van der Waals surface area contributed by atoms with Crippen molar-refractivity contribution in [2.75, 3.05) is 18.4 Å². The van der Waals surface area contributed by atoms with Gasteiger partial charge >= 0.3 is 0 Å². The van der Waals surface area contributed by atoms with Gasteiger partial charge in [0.2, 0.25) is 15.9 Å². The lowest BCUT2D eigenvalue weighted by molar-refractivity contribution is -0.384. The summed E-state index contributed by atoms with van der Waals surface area (Å²) in [7, 11) is -4.24. The average molecular weight is 568 g/mol. The topological polar surface area (TPSA) is 127 Å². The molecule has 39 heavy (non-hydrogen) atoms. The Bertz CT molecular complexity index is 1610. The normalized spacial score (nSPS) is 11.5. The molecule has 1 amide bonds. The van der Waals surface area contributed by atoms with Crippen LogP contribution < -0.4 is 5.32 Å². The zero-order valence-electron chi connectivity index (χ0n) is 21.2. The molecule has 3 aromatic carbocycles. The molecule has 0 saturated heterocycles. The molecule has 0 fully saturated rings. The zero-order valence-corrected chi connectivity index (χ0v) is 22.8. The van der Waals surface area contributed by atoms with E-state index in [1.807, 2.05) is 61.5 Å². The summed E-state index contributed by atoms with van der Waals surface area (Å²) in [6.45, 7) is 3.25. The van der Waals surface area contributed by atoms with Gasteiger partial charge in [0.05, 0.1) is 27.7 Å². The number of anilines is 1. The minimum absolute atomic E-state index is 0.0265. The smallest absolute Gasteiger partial charge is 0.289 e. The standard InChI is InChI=1S/C27H26ClN5O5S/c1-3-15-31(39(37,38)22-13-14-23(28)25(16-22)33(35)36)18-27(34)29-26-17-24(20-7-5-4-6-8-20)30-32(26)21-11-9-19(2)10-12-21/h4-14,16-17H,3,15,18H2,1-2H3,(H,29,34). The van der Waals surface area contributed by atoms with E-state index in [0.717, 1.165) is 27.6 Å². The van der Waals surface area contributed by atoms with E-state index < -0.39 is 33.1 Å². The highest BCUT2D eigenvalue weighted by Gasteiger charge is 2.29.